The van der Waals surface area contributed by atoms with Gasteiger partial charge in [0.1, 0.15) is 5.75 Å². The third-order valence-electron chi connectivity index (χ3n) is 6.65. The van der Waals surface area contributed by atoms with Crippen molar-refractivity contribution >= 4 is 11.6 Å². The summed E-state index contributed by atoms with van der Waals surface area (Å²) >= 11 is 5.69. The maximum Gasteiger partial charge on any atom is 0.573 e. The molecule has 0 radical (unpaired) electrons. The molecular formula is C23H30ClF3O. The van der Waals surface area contributed by atoms with E-state index in [2.05, 4.69) is 10.8 Å². The smallest absolute Gasteiger partial charge is 0.406 e. The maximum absolute atomic E-state index is 12.3. The molecule has 0 amide bonds. The standard InChI is InChI=1S/C23H30ClF3O/c24-16-15-19-5-3-17(4-6-19)1-2-18-7-9-20(10-8-18)21-11-13-22(14-12-21)28-23(25,26)27/h11-20H,1-10H2/b16-15+/t17-,18?,19-,20?. The van der Waals surface area contributed by atoms with Crippen molar-refractivity contribution < 1.29 is 17.9 Å². The molecule has 156 valence electrons. The molecule has 2 fully saturated rings. The van der Waals surface area contributed by atoms with Crippen LogP contribution in [0.5, 0.6) is 5.75 Å². The number of ether oxygens (including phenoxy) is 1. The molecule has 1 aromatic carbocycles. The summed E-state index contributed by atoms with van der Waals surface area (Å²) < 4.78 is 40.8. The second kappa shape index (κ2) is 10.0. The van der Waals surface area contributed by atoms with Gasteiger partial charge in [-0.3, -0.25) is 0 Å². The zero-order valence-electron chi connectivity index (χ0n) is 16.3. The Kier molecular flexibility index (Phi) is 7.73. The van der Waals surface area contributed by atoms with Crippen molar-refractivity contribution in [1.82, 2.24) is 0 Å². The van der Waals surface area contributed by atoms with Crippen molar-refractivity contribution in [2.45, 2.75) is 76.5 Å². The van der Waals surface area contributed by atoms with Crippen LogP contribution in [-0.2, 0) is 0 Å². The van der Waals surface area contributed by atoms with Gasteiger partial charge in [-0.15, -0.1) is 13.2 Å². The van der Waals surface area contributed by atoms with Crippen molar-refractivity contribution in [2.24, 2.45) is 17.8 Å². The molecular weight excluding hydrogens is 385 g/mol. The van der Waals surface area contributed by atoms with Crippen LogP contribution in [0.25, 0.3) is 0 Å². The van der Waals surface area contributed by atoms with E-state index in [1.165, 1.54) is 63.5 Å². The van der Waals surface area contributed by atoms with Crippen LogP contribution in [0, 0.1) is 17.8 Å². The number of hydrogen-bond acceptors (Lipinski definition) is 1. The van der Waals surface area contributed by atoms with Gasteiger partial charge in [-0.2, -0.15) is 0 Å². The molecule has 0 unspecified atom stereocenters. The summed E-state index contributed by atoms with van der Waals surface area (Å²) in [7, 11) is 0. The van der Waals surface area contributed by atoms with Crippen LogP contribution in [0.1, 0.15) is 75.7 Å². The number of hydrogen-bond donors (Lipinski definition) is 0. The molecule has 2 saturated carbocycles. The molecule has 0 N–H and O–H groups in total. The minimum atomic E-state index is -4.63. The Morgan fingerprint density at radius 3 is 1.89 bits per heavy atom. The average Bonchev–Trinajstić information content (AvgIpc) is 2.68. The van der Waals surface area contributed by atoms with Gasteiger partial charge in [0.15, 0.2) is 0 Å². The Bertz CT molecular complexity index is 610. The quantitative estimate of drug-likeness (QED) is 0.455. The van der Waals surface area contributed by atoms with Crippen molar-refractivity contribution in [3.8, 4) is 5.75 Å². The number of alkyl halides is 3. The lowest BCUT2D eigenvalue weighted by Crippen LogP contribution is -2.18. The predicted octanol–water partition coefficient (Wildman–Crippen LogP) is 8.20. The van der Waals surface area contributed by atoms with Gasteiger partial charge in [-0.1, -0.05) is 42.7 Å². The van der Waals surface area contributed by atoms with Crippen molar-refractivity contribution in [1.29, 1.82) is 0 Å². The van der Waals surface area contributed by atoms with E-state index in [0.29, 0.717) is 11.8 Å². The zero-order valence-corrected chi connectivity index (χ0v) is 17.0. The van der Waals surface area contributed by atoms with Crippen LogP contribution in [0.15, 0.2) is 35.9 Å². The fraction of sp³-hybridized carbons (Fsp3) is 0.652. The summed E-state index contributed by atoms with van der Waals surface area (Å²) in [5, 5.41) is 0. The van der Waals surface area contributed by atoms with E-state index < -0.39 is 6.36 Å². The molecule has 2 aliphatic carbocycles. The first-order valence-corrected chi connectivity index (χ1v) is 11.0. The van der Waals surface area contributed by atoms with Crippen LogP contribution in [-0.4, -0.2) is 6.36 Å². The lowest BCUT2D eigenvalue weighted by atomic mass is 9.74. The SMILES string of the molecule is FC(F)(F)Oc1ccc(C2CCC(CC[C@H]3CC[C@H](/C=C/Cl)CC3)CC2)cc1. The van der Waals surface area contributed by atoms with Crippen molar-refractivity contribution in [2.75, 3.05) is 0 Å². The predicted molar refractivity (Wildman–Crippen MR) is 107 cm³/mol. The molecule has 0 aliphatic heterocycles. The van der Waals surface area contributed by atoms with Gasteiger partial charge in [0.2, 0.25) is 0 Å². The third-order valence-corrected chi connectivity index (χ3v) is 6.80. The van der Waals surface area contributed by atoms with E-state index in [0.717, 1.165) is 30.2 Å². The van der Waals surface area contributed by atoms with Gasteiger partial charge in [0.25, 0.3) is 0 Å². The highest BCUT2D eigenvalue weighted by molar-refractivity contribution is 6.25. The zero-order chi connectivity index (χ0) is 20.0. The van der Waals surface area contributed by atoms with Gasteiger partial charge in [0.05, 0.1) is 0 Å². The Labute approximate surface area is 171 Å². The highest BCUT2D eigenvalue weighted by atomic mass is 35.5. The minimum absolute atomic E-state index is 0.138. The molecule has 0 atom stereocenters. The van der Waals surface area contributed by atoms with Crippen LogP contribution < -0.4 is 4.74 Å². The van der Waals surface area contributed by atoms with Gasteiger partial charge in [0, 0.05) is 5.54 Å². The molecule has 1 nitrogen and oxygen atoms in total. The molecule has 5 heteroatoms. The monoisotopic (exact) mass is 414 g/mol. The molecule has 2 aliphatic rings. The molecule has 0 heterocycles. The lowest BCUT2D eigenvalue weighted by Gasteiger charge is -2.31. The summed E-state index contributed by atoms with van der Waals surface area (Å²) in [6, 6.07) is 6.45. The fourth-order valence-corrected chi connectivity index (χ4v) is 5.18. The topological polar surface area (TPSA) is 9.23 Å². The summed E-state index contributed by atoms with van der Waals surface area (Å²) in [6.07, 6.45) is 10.1. The summed E-state index contributed by atoms with van der Waals surface area (Å²) in [5.41, 5.74) is 2.80. The fourth-order valence-electron chi connectivity index (χ4n) is 4.97. The van der Waals surface area contributed by atoms with Crippen LogP contribution in [0.2, 0.25) is 0 Å². The van der Waals surface area contributed by atoms with E-state index in [1.54, 1.807) is 17.7 Å². The highest BCUT2D eigenvalue weighted by Crippen LogP contribution is 2.40. The summed E-state index contributed by atoms with van der Waals surface area (Å²) in [5.74, 6) is 2.69. The third kappa shape index (κ3) is 6.72. The second-order valence-electron chi connectivity index (χ2n) is 8.51. The number of allylic oxidation sites excluding steroid dienone is 1. The van der Waals surface area contributed by atoms with E-state index in [-0.39, 0.29) is 5.75 Å². The maximum atomic E-state index is 12.3. The molecule has 3 rings (SSSR count). The van der Waals surface area contributed by atoms with Crippen LogP contribution in [0.3, 0.4) is 0 Å². The van der Waals surface area contributed by atoms with Gasteiger partial charge >= 0.3 is 6.36 Å². The molecule has 0 spiro atoms. The van der Waals surface area contributed by atoms with Crippen molar-refractivity contribution in [3.63, 3.8) is 0 Å². The Balaban J connectivity index is 1.38. The molecule has 0 saturated heterocycles. The van der Waals surface area contributed by atoms with E-state index in [9.17, 15) is 13.2 Å². The first kappa shape index (κ1) is 21.5. The molecule has 0 aromatic heterocycles. The van der Waals surface area contributed by atoms with Gasteiger partial charge in [-0.25, -0.2) is 0 Å². The van der Waals surface area contributed by atoms with Gasteiger partial charge < -0.3 is 4.74 Å². The van der Waals surface area contributed by atoms with Gasteiger partial charge in [-0.05, 0) is 92.7 Å². The second-order valence-corrected chi connectivity index (χ2v) is 8.76. The number of halogens is 4. The molecule has 1 aromatic rings. The van der Waals surface area contributed by atoms with Crippen LogP contribution >= 0.6 is 11.6 Å². The minimum Gasteiger partial charge on any atom is -0.406 e. The Morgan fingerprint density at radius 2 is 1.39 bits per heavy atom. The van der Waals surface area contributed by atoms with E-state index in [1.807, 2.05) is 0 Å². The highest BCUT2D eigenvalue weighted by Gasteiger charge is 2.31. The van der Waals surface area contributed by atoms with E-state index in [4.69, 9.17) is 11.6 Å². The largest absolute Gasteiger partial charge is 0.573 e. The first-order chi connectivity index (χ1) is 13.4. The molecule has 28 heavy (non-hydrogen) atoms. The normalized spacial score (nSPS) is 29.1. The van der Waals surface area contributed by atoms with Crippen molar-refractivity contribution in [3.05, 3.63) is 41.4 Å². The first-order valence-electron chi connectivity index (χ1n) is 10.6. The molecule has 0 bridgehead atoms. The Hall–Kier alpha value is -1.16. The lowest BCUT2D eigenvalue weighted by molar-refractivity contribution is -0.274. The average molecular weight is 415 g/mol. The summed E-state index contributed by atoms with van der Waals surface area (Å²) in [4.78, 5) is 0. The number of rotatable bonds is 6. The number of benzene rings is 1. The van der Waals surface area contributed by atoms with E-state index >= 15 is 0 Å². The summed E-state index contributed by atoms with van der Waals surface area (Å²) in [6.45, 7) is 0. The Morgan fingerprint density at radius 1 is 0.857 bits per heavy atom. The van der Waals surface area contributed by atoms with Crippen LogP contribution in [0.4, 0.5) is 13.2 Å².